The Morgan fingerprint density at radius 2 is 2.00 bits per heavy atom. The second kappa shape index (κ2) is 8.85. The van der Waals surface area contributed by atoms with Crippen LogP contribution in [0.25, 0.3) is 10.9 Å². The molecule has 2 heterocycles. The van der Waals surface area contributed by atoms with E-state index in [0.29, 0.717) is 28.7 Å². The van der Waals surface area contributed by atoms with Crippen LogP contribution in [0.15, 0.2) is 47.5 Å². The van der Waals surface area contributed by atoms with Gasteiger partial charge in [-0.3, -0.25) is 9.78 Å². The molecular weight excluding hydrogens is 368 g/mol. The van der Waals surface area contributed by atoms with Gasteiger partial charge in [-0.25, -0.2) is 4.98 Å². The van der Waals surface area contributed by atoms with E-state index in [9.17, 15) is 10.1 Å². The first-order chi connectivity index (χ1) is 13.5. The first-order valence-corrected chi connectivity index (χ1v) is 10.2. The molecule has 142 valence electrons. The highest BCUT2D eigenvalue weighted by Crippen LogP contribution is 2.25. The number of fused-ring (bicyclic) bond motifs is 1. The Bertz CT molecular complexity index is 1060. The maximum Gasteiger partial charge on any atom is 0.225 e. The van der Waals surface area contributed by atoms with Crippen molar-refractivity contribution >= 4 is 34.3 Å². The Labute approximate surface area is 169 Å². The van der Waals surface area contributed by atoms with Gasteiger partial charge in [0, 0.05) is 28.9 Å². The zero-order chi connectivity index (χ0) is 20.1. The lowest BCUT2D eigenvalue weighted by atomic mass is 10.1. The first-order valence-electron chi connectivity index (χ1n) is 9.18. The van der Waals surface area contributed by atoms with Crippen LogP contribution >= 0.6 is 11.8 Å². The maximum absolute atomic E-state index is 12.5. The molecule has 0 saturated heterocycles. The van der Waals surface area contributed by atoms with E-state index in [2.05, 4.69) is 35.2 Å². The van der Waals surface area contributed by atoms with E-state index in [4.69, 9.17) is 0 Å². The zero-order valence-electron chi connectivity index (χ0n) is 16.2. The van der Waals surface area contributed by atoms with Crippen LogP contribution in [0.3, 0.4) is 0 Å². The Morgan fingerprint density at radius 3 is 2.75 bits per heavy atom. The Balaban J connectivity index is 1.66. The fourth-order valence-electron chi connectivity index (χ4n) is 2.84. The van der Waals surface area contributed by atoms with Crippen molar-refractivity contribution in [2.75, 3.05) is 11.1 Å². The van der Waals surface area contributed by atoms with Crippen LogP contribution in [0.2, 0.25) is 0 Å². The third-order valence-corrected chi connectivity index (χ3v) is 5.27. The molecule has 1 N–H and O–H groups in total. The third kappa shape index (κ3) is 4.68. The molecule has 3 aromatic rings. The van der Waals surface area contributed by atoms with Crippen molar-refractivity contribution in [2.24, 2.45) is 0 Å². The molecule has 0 spiro atoms. The molecule has 1 amide bonds. The number of nitrogens with one attached hydrogen (secondary N) is 1. The number of aromatic nitrogens is 2. The van der Waals surface area contributed by atoms with Crippen LogP contribution in [0.4, 0.5) is 5.69 Å². The lowest BCUT2D eigenvalue weighted by Crippen LogP contribution is -2.13. The number of pyridine rings is 2. The number of carbonyl (C=O) groups excluding carboxylic acids is 1. The van der Waals surface area contributed by atoms with Gasteiger partial charge in [0.15, 0.2) is 0 Å². The van der Waals surface area contributed by atoms with E-state index in [1.54, 1.807) is 6.07 Å². The van der Waals surface area contributed by atoms with Crippen molar-refractivity contribution in [3.63, 3.8) is 0 Å². The highest BCUT2D eigenvalue weighted by molar-refractivity contribution is 7.99. The molecule has 3 rings (SSSR count). The number of carbonyl (C=O) groups is 1. The molecule has 0 bridgehead atoms. The topological polar surface area (TPSA) is 78.7 Å². The minimum atomic E-state index is -0.0678. The van der Waals surface area contributed by atoms with Crippen molar-refractivity contribution < 1.29 is 4.79 Å². The predicted octanol–water partition coefficient (Wildman–Crippen LogP) is 5.05. The largest absolute Gasteiger partial charge is 0.325 e. The van der Waals surface area contributed by atoms with Crippen LogP contribution in [0.5, 0.6) is 0 Å². The molecule has 28 heavy (non-hydrogen) atoms. The minimum absolute atomic E-state index is 0.0678. The van der Waals surface area contributed by atoms with Crippen molar-refractivity contribution in [3.8, 4) is 6.07 Å². The average molecular weight is 391 g/mol. The number of thioether (sulfide) groups is 1. The second-order valence-corrected chi connectivity index (χ2v) is 7.91. The van der Waals surface area contributed by atoms with Crippen molar-refractivity contribution in [1.29, 1.82) is 5.26 Å². The molecule has 0 unspecified atom stereocenters. The summed E-state index contributed by atoms with van der Waals surface area (Å²) in [5.41, 5.74) is 3.99. The first kappa shape index (κ1) is 19.8. The zero-order valence-corrected chi connectivity index (χ0v) is 17.0. The van der Waals surface area contributed by atoms with Gasteiger partial charge in [-0.05, 0) is 37.1 Å². The maximum atomic E-state index is 12.5. The number of amides is 1. The van der Waals surface area contributed by atoms with Crippen LogP contribution < -0.4 is 5.32 Å². The Hall–Kier alpha value is -2.91. The number of para-hydroxylation sites is 1. The van der Waals surface area contributed by atoms with Crippen molar-refractivity contribution in [2.45, 2.75) is 38.1 Å². The fourth-order valence-corrected chi connectivity index (χ4v) is 3.76. The molecule has 0 aliphatic heterocycles. The smallest absolute Gasteiger partial charge is 0.225 e. The summed E-state index contributed by atoms with van der Waals surface area (Å²) in [4.78, 5) is 21.5. The standard InChI is InChI=1S/C22H22N4OS/c1-14(2)18-9-8-16(13-23)22(26-18)28-11-10-21(27)25-20-12-15(3)24-19-7-5-4-6-17(19)20/h4-9,12,14H,10-11H2,1-3H3,(H,24,25,27). The molecule has 5 nitrogen and oxygen atoms in total. The summed E-state index contributed by atoms with van der Waals surface area (Å²) >= 11 is 1.44. The summed E-state index contributed by atoms with van der Waals surface area (Å²) in [6.45, 7) is 6.04. The Morgan fingerprint density at radius 1 is 1.21 bits per heavy atom. The van der Waals surface area contributed by atoms with E-state index in [1.165, 1.54) is 11.8 Å². The van der Waals surface area contributed by atoms with E-state index in [1.807, 2.05) is 43.3 Å². The SMILES string of the molecule is Cc1cc(NC(=O)CCSc2nc(C(C)C)ccc2C#N)c2ccccc2n1. The molecule has 0 atom stereocenters. The molecule has 0 saturated carbocycles. The summed E-state index contributed by atoms with van der Waals surface area (Å²) in [5.74, 6) is 0.775. The normalized spacial score (nSPS) is 10.8. The van der Waals surface area contributed by atoms with Crippen molar-refractivity contribution in [1.82, 2.24) is 9.97 Å². The summed E-state index contributed by atoms with van der Waals surface area (Å²) in [5, 5.41) is 13.9. The lowest BCUT2D eigenvalue weighted by molar-refractivity contribution is -0.115. The highest BCUT2D eigenvalue weighted by Gasteiger charge is 2.11. The molecule has 1 aromatic carbocycles. The highest BCUT2D eigenvalue weighted by atomic mass is 32.2. The summed E-state index contributed by atoms with van der Waals surface area (Å²) in [7, 11) is 0. The number of nitrogens with zero attached hydrogens (tertiary/aromatic N) is 3. The number of hydrogen-bond donors (Lipinski definition) is 1. The van der Waals surface area contributed by atoms with Gasteiger partial charge in [-0.15, -0.1) is 11.8 Å². The minimum Gasteiger partial charge on any atom is -0.325 e. The number of hydrogen-bond acceptors (Lipinski definition) is 5. The van der Waals surface area contributed by atoms with Crippen LogP contribution in [-0.4, -0.2) is 21.6 Å². The van der Waals surface area contributed by atoms with Crippen LogP contribution in [0.1, 0.15) is 43.1 Å². The van der Waals surface area contributed by atoms with Gasteiger partial charge in [-0.2, -0.15) is 5.26 Å². The molecular formula is C22H22N4OS. The number of rotatable bonds is 6. The summed E-state index contributed by atoms with van der Waals surface area (Å²) in [6.07, 6.45) is 0.332. The fraction of sp³-hybridized carbons (Fsp3) is 0.273. The second-order valence-electron chi connectivity index (χ2n) is 6.83. The summed E-state index contributed by atoms with van der Waals surface area (Å²) < 4.78 is 0. The van der Waals surface area contributed by atoms with Gasteiger partial charge in [0.1, 0.15) is 11.1 Å². The van der Waals surface area contributed by atoms with Gasteiger partial charge in [-0.1, -0.05) is 32.0 Å². The van der Waals surface area contributed by atoms with Crippen LogP contribution in [-0.2, 0) is 4.79 Å². The van der Waals surface area contributed by atoms with Gasteiger partial charge in [0.25, 0.3) is 0 Å². The van der Waals surface area contributed by atoms with Crippen LogP contribution in [0, 0.1) is 18.3 Å². The van der Waals surface area contributed by atoms with E-state index < -0.39 is 0 Å². The van der Waals surface area contributed by atoms with Gasteiger partial charge < -0.3 is 5.32 Å². The molecule has 6 heteroatoms. The lowest BCUT2D eigenvalue weighted by Gasteiger charge is -2.10. The Kier molecular flexibility index (Phi) is 6.27. The number of aryl methyl sites for hydroxylation is 1. The summed E-state index contributed by atoms with van der Waals surface area (Å²) in [6, 6.07) is 15.5. The molecule has 0 aliphatic rings. The van der Waals surface area contributed by atoms with E-state index >= 15 is 0 Å². The third-order valence-electron chi connectivity index (χ3n) is 4.28. The average Bonchev–Trinajstić information content (AvgIpc) is 2.67. The van der Waals surface area contributed by atoms with Gasteiger partial charge in [0.05, 0.1) is 16.8 Å². The molecule has 0 aliphatic carbocycles. The number of nitriles is 1. The van der Waals surface area contributed by atoms with Gasteiger partial charge in [0.2, 0.25) is 5.91 Å². The monoisotopic (exact) mass is 390 g/mol. The van der Waals surface area contributed by atoms with Crippen molar-refractivity contribution in [3.05, 3.63) is 59.4 Å². The molecule has 0 fully saturated rings. The quantitative estimate of drug-likeness (QED) is 0.596. The van der Waals surface area contributed by atoms with E-state index in [0.717, 1.165) is 28.0 Å². The van der Waals surface area contributed by atoms with Gasteiger partial charge >= 0.3 is 0 Å². The molecule has 0 radical (unpaired) electrons. The van der Waals surface area contributed by atoms with E-state index in [-0.39, 0.29) is 5.91 Å². The number of benzene rings is 1. The number of anilines is 1. The molecule has 2 aromatic heterocycles. The predicted molar refractivity (Wildman–Crippen MR) is 113 cm³/mol.